The van der Waals surface area contributed by atoms with Gasteiger partial charge in [-0.2, -0.15) is 0 Å². The van der Waals surface area contributed by atoms with E-state index in [2.05, 4.69) is 54.0 Å². The molecular weight excluding hydrogens is 288 g/mol. The first-order valence-electron chi connectivity index (χ1n) is 9.83. The maximum atomic E-state index is 4.30. The Balaban J connectivity index is 2.09. The van der Waals surface area contributed by atoms with Crippen molar-refractivity contribution in [2.75, 3.05) is 0 Å². The van der Waals surface area contributed by atoms with Crippen LogP contribution in [0.4, 0.5) is 0 Å². The van der Waals surface area contributed by atoms with E-state index in [1.807, 2.05) is 0 Å². The maximum Gasteiger partial charge on any atom is -0.0141 e. The zero-order valence-corrected chi connectivity index (χ0v) is 16.5. The molecule has 2 aliphatic rings. The Labute approximate surface area is 150 Å². The smallest absolute Gasteiger partial charge is 0.0141 e. The van der Waals surface area contributed by atoms with Crippen molar-refractivity contribution < 1.29 is 0 Å². The monoisotopic (exact) mass is 326 g/mol. The van der Waals surface area contributed by atoms with Gasteiger partial charge in [-0.3, -0.25) is 0 Å². The Morgan fingerprint density at radius 2 is 0.792 bits per heavy atom. The van der Waals surface area contributed by atoms with Crippen LogP contribution in [0, 0.1) is 35.5 Å². The summed E-state index contributed by atoms with van der Waals surface area (Å²) in [6.07, 6.45) is 7.97. The highest BCUT2D eigenvalue weighted by Gasteiger charge is 2.39. The Kier molecular flexibility index (Phi) is 6.34. The van der Waals surface area contributed by atoms with Crippen LogP contribution in [0.5, 0.6) is 0 Å². The van der Waals surface area contributed by atoms with Gasteiger partial charge in [-0.05, 0) is 102 Å². The third-order valence-corrected chi connectivity index (χ3v) is 6.98. The third-order valence-electron chi connectivity index (χ3n) is 6.98. The topological polar surface area (TPSA) is 0 Å². The van der Waals surface area contributed by atoms with Crippen molar-refractivity contribution in [3.05, 3.63) is 48.6 Å². The van der Waals surface area contributed by atoms with E-state index >= 15 is 0 Å². The zero-order chi connectivity index (χ0) is 18.0. The Hall–Kier alpha value is -1.04. The summed E-state index contributed by atoms with van der Waals surface area (Å²) in [6.45, 7) is 26.0. The Morgan fingerprint density at radius 1 is 0.500 bits per heavy atom. The SMILES string of the molecule is C=C(C)C1CCC(C2CCC(C(=C)C)C(C(=C)C)C2)CC1C(=C)C. The molecule has 134 valence electrons. The molecule has 6 unspecified atom stereocenters. The average Bonchev–Trinajstić information content (AvgIpc) is 2.53. The standard InChI is InChI=1S/C24H38/c1-15(2)21-11-9-19(13-23(21)17(5)6)20-10-12-22(16(3)4)24(14-20)18(7)8/h19-24H,1,3,5,7,9-14H2,2,4,6,8H3. The molecule has 0 aromatic rings. The van der Waals surface area contributed by atoms with Gasteiger partial charge in [-0.25, -0.2) is 0 Å². The first-order valence-corrected chi connectivity index (χ1v) is 9.83. The van der Waals surface area contributed by atoms with Gasteiger partial charge in [0.1, 0.15) is 0 Å². The molecule has 0 radical (unpaired) electrons. The Bertz CT molecular complexity index is 472. The second kappa shape index (κ2) is 7.89. The van der Waals surface area contributed by atoms with Crippen molar-refractivity contribution in [1.82, 2.24) is 0 Å². The summed E-state index contributed by atoms with van der Waals surface area (Å²) in [6, 6.07) is 0. The number of hydrogen-bond donors (Lipinski definition) is 0. The van der Waals surface area contributed by atoms with Gasteiger partial charge in [0.25, 0.3) is 0 Å². The molecule has 2 aliphatic carbocycles. The van der Waals surface area contributed by atoms with Crippen LogP contribution >= 0.6 is 0 Å². The van der Waals surface area contributed by atoms with Crippen LogP contribution in [0.15, 0.2) is 48.6 Å². The fourth-order valence-electron chi connectivity index (χ4n) is 5.53. The summed E-state index contributed by atoms with van der Waals surface area (Å²) < 4.78 is 0. The molecule has 2 saturated carbocycles. The first-order chi connectivity index (χ1) is 11.2. The molecule has 2 fully saturated rings. The molecule has 0 amide bonds. The maximum absolute atomic E-state index is 4.30. The quantitative estimate of drug-likeness (QED) is 0.463. The van der Waals surface area contributed by atoms with E-state index in [9.17, 15) is 0 Å². The van der Waals surface area contributed by atoms with E-state index in [4.69, 9.17) is 0 Å². The van der Waals surface area contributed by atoms with Gasteiger partial charge in [-0.1, -0.05) is 48.6 Å². The number of hydrogen-bond acceptors (Lipinski definition) is 0. The molecule has 0 heterocycles. The number of rotatable bonds is 5. The summed E-state index contributed by atoms with van der Waals surface area (Å²) >= 11 is 0. The summed E-state index contributed by atoms with van der Waals surface area (Å²) in [7, 11) is 0. The lowest BCUT2D eigenvalue weighted by molar-refractivity contribution is 0.113. The normalized spacial score (nSPS) is 36.8. The molecule has 0 aromatic carbocycles. The molecule has 24 heavy (non-hydrogen) atoms. The minimum Gasteiger partial charge on any atom is -0.0998 e. The highest BCUT2D eigenvalue weighted by Crippen LogP contribution is 2.49. The molecule has 0 saturated heterocycles. The van der Waals surface area contributed by atoms with E-state index in [1.165, 1.54) is 60.8 Å². The van der Waals surface area contributed by atoms with Gasteiger partial charge in [0.2, 0.25) is 0 Å². The van der Waals surface area contributed by atoms with Crippen molar-refractivity contribution in [2.45, 2.75) is 66.2 Å². The van der Waals surface area contributed by atoms with Crippen molar-refractivity contribution >= 4 is 0 Å². The van der Waals surface area contributed by atoms with Gasteiger partial charge < -0.3 is 0 Å². The van der Waals surface area contributed by atoms with E-state index < -0.39 is 0 Å². The lowest BCUT2D eigenvalue weighted by Gasteiger charge is -2.45. The molecule has 0 heteroatoms. The highest BCUT2D eigenvalue weighted by atomic mass is 14.4. The van der Waals surface area contributed by atoms with Crippen molar-refractivity contribution in [1.29, 1.82) is 0 Å². The summed E-state index contributed by atoms with van der Waals surface area (Å²) in [5.74, 6) is 4.31. The molecule has 6 atom stereocenters. The van der Waals surface area contributed by atoms with Gasteiger partial charge in [-0.15, -0.1) is 0 Å². The predicted molar refractivity (Wildman–Crippen MR) is 108 cm³/mol. The van der Waals surface area contributed by atoms with Crippen molar-refractivity contribution in [3.8, 4) is 0 Å². The van der Waals surface area contributed by atoms with Crippen molar-refractivity contribution in [3.63, 3.8) is 0 Å². The first kappa shape index (κ1) is 19.3. The largest absolute Gasteiger partial charge is 0.0998 e. The minimum atomic E-state index is 0.642. The molecule has 0 aromatic heterocycles. The fraction of sp³-hybridized carbons (Fsp3) is 0.667. The second-order valence-electron chi connectivity index (χ2n) is 8.96. The van der Waals surface area contributed by atoms with Crippen LogP contribution < -0.4 is 0 Å². The predicted octanol–water partition coefficient (Wildman–Crippen LogP) is 7.36. The van der Waals surface area contributed by atoms with E-state index in [0.717, 1.165) is 11.8 Å². The van der Waals surface area contributed by atoms with E-state index in [-0.39, 0.29) is 0 Å². The number of allylic oxidation sites excluding steroid dienone is 4. The minimum absolute atomic E-state index is 0.642. The van der Waals surface area contributed by atoms with Crippen LogP contribution in [0.1, 0.15) is 66.2 Å². The molecule has 0 bridgehead atoms. The fourth-order valence-corrected chi connectivity index (χ4v) is 5.53. The van der Waals surface area contributed by atoms with Crippen LogP contribution in [0.25, 0.3) is 0 Å². The second-order valence-corrected chi connectivity index (χ2v) is 8.96. The van der Waals surface area contributed by atoms with Gasteiger partial charge in [0, 0.05) is 0 Å². The molecule has 0 spiro atoms. The molecular formula is C24H38. The molecule has 0 aliphatic heterocycles. The van der Waals surface area contributed by atoms with Gasteiger partial charge in [0.05, 0.1) is 0 Å². The summed E-state index contributed by atoms with van der Waals surface area (Å²) in [5, 5.41) is 0. The van der Waals surface area contributed by atoms with Gasteiger partial charge >= 0.3 is 0 Å². The zero-order valence-electron chi connectivity index (χ0n) is 16.5. The molecule has 2 rings (SSSR count). The lowest BCUT2D eigenvalue weighted by atomic mass is 9.60. The highest BCUT2D eigenvalue weighted by molar-refractivity contribution is 5.14. The van der Waals surface area contributed by atoms with Gasteiger partial charge in [0.15, 0.2) is 0 Å². The molecule has 0 nitrogen and oxygen atoms in total. The summed E-state index contributed by atoms with van der Waals surface area (Å²) in [5.41, 5.74) is 5.43. The third kappa shape index (κ3) is 4.13. The van der Waals surface area contributed by atoms with E-state index in [1.54, 1.807) is 0 Å². The van der Waals surface area contributed by atoms with Crippen LogP contribution in [0.2, 0.25) is 0 Å². The average molecular weight is 327 g/mol. The van der Waals surface area contributed by atoms with Crippen LogP contribution in [-0.2, 0) is 0 Å². The van der Waals surface area contributed by atoms with Crippen LogP contribution in [-0.4, -0.2) is 0 Å². The molecule has 0 N–H and O–H groups in total. The summed E-state index contributed by atoms with van der Waals surface area (Å²) in [4.78, 5) is 0. The van der Waals surface area contributed by atoms with Crippen molar-refractivity contribution in [2.24, 2.45) is 35.5 Å². The lowest BCUT2D eigenvalue weighted by Crippen LogP contribution is -2.35. The van der Waals surface area contributed by atoms with E-state index in [0.29, 0.717) is 23.7 Å². The Morgan fingerprint density at radius 3 is 1.04 bits per heavy atom. The van der Waals surface area contributed by atoms with Crippen LogP contribution in [0.3, 0.4) is 0 Å².